The van der Waals surface area contributed by atoms with E-state index in [0.29, 0.717) is 43.3 Å². The molecule has 4 rings (SSSR count). The summed E-state index contributed by atoms with van der Waals surface area (Å²) in [6, 6.07) is 3.28. The molecule has 1 amide bonds. The van der Waals surface area contributed by atoms with Crippen molar-refractivity contribution in [2.24, 2.45) is 0 Å². The SMILES string of the molecule is O=C1C[C@H](c2cc3c(cc2F)OCC3)CN1Cc1nn[nH]n1. The average molecular weight is 303 g/mol. The third-order valence-electron chi connectivity index (χ3n) is 4.18. The molecule has 0 spiro atoms. The van der Waals surface area contributed by atoms with Crippen molar-refractivity contribution in [2.75, 3.05) is 13.2 Å². The summed E-state index contributed by atoms with van der Waals surface area (Å²) in [7, 11) is 0. The van der Waals surface area contributed by atoms with Gasteiger partial charge in [-0.2, -0.15) is 5.21 Å². The number of amides is 1. The van der Waals surface area contributed by atoms with E-state index in [1.54, 1.807) is 4.90 Å². The van der Waals surface area contributed by atoms with Gasteiger partial charge in [-0.15, -0.1) is 10.2 Å². The normalized spacial score (nSPS) is 20.3. The molecular formula is C14H14FN5O2. The number of nitrogens with one attached hydrogen (secondary N) is 1. The first kappa shape index (κ1) is 13.2. The van der Waals surface area contributed by atoms with Crippen molar-refractivity contribution >= 4 is 5.91 Å². The van der Waals surface area contributed by atoms with E-state index in [1.807, 2.05) is 6.07 Å². The molecule has 7 nitrogen and oxygen atoms in total. The number of carbonyl (C=O) groups is 1. The fraction of sp³-hybridized carbons (Fsp3) is 0.429. The number of aromatic nitrogens is 4. The molecule has 1 atom stereocenters. The number of nitrogens with zero attached hydrogens (tertiary/aromatic N) is 4. The Bertz CT molecular complexity index is 718. The number of carbonyl (C=O) groups excluding carboxylic acids is 1. The van der Waals surface area contributed by atoms with Crippen molar-refractivity contribution < 1.29 is 13.9 Å². The standard InChI is InChI=1S/C14H14FN5O2/c15-11-5-12-8(1-2-22-12)3-10(11)9-4-14(21)20(6-9)7-13-16-18-19-17-13/h3,5,9H,1-2,4,6-7H2,(H,16,17,18,19)/t9-/m0/s1. The highest BCUT2D eigenvalue weighted by molar-refractivity contribution is 5.79. The van der Waals surface area contributed by atoms with Crippen molar-refractivity contribution in [3.63, 3.8) is 0 Å². The molecule has 0 radical (unpaired) electrons. The van der Waals surface area contributed by atoms with Crippen LogP contribution in [-0.4, -0.2) is 44.6 Å². The lowest BCUT2D eigenvalue weighted by molar-refractivity contribution is -0.128. The Morgan fingerprint density at radius 1 is 1.45 bits per heavy atom. The summed E-state index contributed by atoms with van der Waals surface area (Å²) in [6.45, 7) is 1.34. The highest BCUT2D eigenvalue weighted by Gasteiger charge is 2.33. The molecular weight excluding hydrogens is 289 g/mol. The Labute approximate surface area is 125 Å². The van der Waals surface area contributed by atoms with Crippen LogP contribution in [0, 0.1) is 5.82 Å². The van der Waals surface area contributed by atoms with Crippen LogP contribution < -0.4 is 4.74 Å². The molecule has 0 saturated carbocycles. The van der Waals surface area contributed by atoms with Gasteiger partial charge < -0.3 is 9.64 Å². The number of tetrazole rings is 1. The van der Waals surface area contributed by atoms with Crippen LogP contribution in [0.15, 0.2) is 12.1 Å². The van der Waals surface area contributed by atoms with Crippen molar-refractivity contribution in [1.82, 2.24) is 25.5 Å². The summed E-state index contributed by atoms with van der Waals surface area (Å²) in [5.74, 6) is 0.599. The molecule has 2 aromatic rings. The largest absolute Gasteiger partial charge is 0.493 e. The van der Waals surface area contributed by atoms with Gasteiger partial charge in [0.1, 0.15) is 11.6 Å². The molecule has 1 aromatic heterocycles. The van der Waals surface area contributed by atoms with Crippen LogP contribution in [0.1, 0.15) is 29.3 Å². The number of benzene rings is 1. The minimum atomic E-state index is -0.306. The van der Waals surface area contributed by atoms with E-state index >= 15 is 0 Å². The van der Waals surface area contributed by atoms with Crippen molar-refractivity contribution in [2.45, 2.75) is 25.3 Å². The molecule has 0 aliphatic carbocycles. The second kappa shape index (κ2) is 5.04. The summed E-state index contributed by atoms with van der Waals surface area (Å²) in [4.78, 5) is 13.8. The van der Waals surface area contributed by atoms with E-state index in [2.05, 4.69) is 20.6 Å². The van der Waals surface area contributed by atoms with Gasteiger partial charge in [-0.05, 0) is 17.2 Å². The number of fused-ring (bicyclic) bond motifs is 1. The van der Waals surface area contributed by atoms with E-state index in [4.69, 9.17) is 4.74 Å². The number of halogens is 1. The highest BCUT2D eigenvalue weighted by atomic mass is 19.1. The molecule has 2 aliphatic heterocycles. The van der Waals surface area contributed by atoms with E-state index in [0.717, 1.165) is 12.0 Å². The quantitative estimate of drug-likeness (QED) is 0.906. The van der Waals surface area contributed by atoms with Gasteiger partial charge in [0.25, 0.3) is 0 Å². The second-order valence-electron chi connectivity index (χ2n) is 5.58. The number of likely N-dealkylation sites (tertiary alicyclic amines) is 1. The Morgan fingerprint density at radius 3 is 3.18 bits per heavy atom. The molecule has 0 bridgehead atoms. The minimum absolute atomic E-state index is 0.0223. The molecule has 3 heterocycles. The average Bonchev–Trinajstić information content (AvgIpc) is 3.20. The summed E-state index contributed by atoms with van der Waals surface area (Å²) in [5, 5.41) is 13.5. The van der Waals surface area contributed by atoms with Crippen LogP contribution in [0.5, 0.6) is 5.75 Å². The molecule has 1 fully saturated rings. The monoisotopic (exact) mass is 303 g/mol. The zero-order chi connectivity index (χ0) is 15.1. The zero-order valence-electron chi connectivity index (χ0n) is 11.8. The third kappa shape index (κ3) is 2.20. The van der Waals surface area contributed by atoms with Gasteiger partial charge in [0.15, 0.2) is 5.82 Å². The minimum Gasteiger partial charge on any atom is -0.493 e. The first-order valence-electron chi connectivity index (χ1n) is 7.16. The first-order valence-corrected chi connectivity index (χ1v) is 7.16. The number of hydrogen-bond acceptors (Lipinski definition) is 5. The van der Waals surface area contributed by atoms with Crippen molar-refractivity contribution in [1.29, 1.82) is 0 Å². The lowest BCUT2D eigenvalue weighted by Gasteiger charge is -2.15. The predicted molar refractivity (Wildman–Crippen MR) is 72.6 cm³/mol. The van der Waals surface area contributed by atoms with E-state index in [1.165, 1.54) is 6.07 Å². The summed E-state index contributed by atoms with van der Waals surface area (Å²) in [5.41, 5.74) is 1.61. The molecule has 1 aromatic carbocycles. The molecule has 22 heavy (non-hydrogen) atoms. The Morgan fingerprint density at radius 2 is 2.36 bits per heavy atom. The number of H-pyrrole nitrogens is 1. The first-order chi connectivity index (χ1) is 10.7. The van der Waals surface area contributed by atoms with E-state index in [-0.39, 0.29) is 17.6 Å². The van der Waals surface area contributed by atoms with Crippen LogP contribution >= 0.6 is 0 Å². The predicted octanol–water partition coefficient (Wildman–Crippen LogP) is 0.790. The van der Waals surface area contributed by atoms with Gasteiger partial charge in [0.05, 0.1) is 13.2 Å². The molecule has 8 heteroatoms. The number of rotatable bonds is 3. The van der Waals surface area contributed by atoms with Crippen LogP contribution in [0.2, 0.25) is 0 Å². The highest BCUT2D eigenvalue weighted by Crippen LogP contribution is 2.35. The lowest BCUT2D eigenvalue weighted by atomic mass is 9.95. The number of aromatic amines is 1. The summed E-state index contributed by atoms with van der Waals surface area (Å²) < 4.78 is 19.6. The van der Waals surface area contributed by atoms with Crippen molar-refractivity contribution in [3.8, 4) is 5.75 Å². The summed E-state index contributed by atoms with van der Waals surface area (Å²) >= 11 is 0. The van der Waals surface area contributed by atoms with E-state index < -0.39 is 0 Å². The topological polar surface area (TPSA) is 84.0 Å². The number of ether oxygens (including phenoxy) is 1. The molecule has 1 saturated heterocycles. The van der Waals surface area contributed by atoms with Crippen LogP contribution in [0.3, 0.4) is 0 Å². The number of hydrogen-bond donors (Lipinski definition) is 1. The Kier molecular flexibility index (Phi) is 3.02. The van der Waals surface area contributed by atoms with Crippen LogP contribution in [-0.2, 0) is 17.8 Å². The smallest absolute Gasteiger partial charge is 0.223 e. The lowest BCUT2D eigenvalue weighted by Crippen LogP contribution is -2.25. The van der Waals surface area contributed by atoms with Crippen LogP contribution in [0.25, 0.3) is 0 Å². The fourth-order valence-corrected chi connectivity index (χ4v) is 3.09. The van der Waals surface area contributed by atoms with Gasteiger partial charge >= 0.3 is 0 Å². The fourth-order valence-electron chi connectivity index (χ4n) is 3.09. The van der Waals surface area contributed by atoms with Gasteiger partial charge in [0, 0.05) is 31.4 Å². The molecule has 114 valence electrons. The maximum absolute atomic E-state index is 14.3. The van der Waals surface area contributed by atoms with Crippen molar-refractivity contribution in [3.05, 3.63) is 34.9 Å². The Balaban J connectivity index is 1.56. The maximum atomic E-state index is 14.3. The Hall–Kier alpha value is -2.51. The molecule has 0 unspecified atom stereocenters. The van der Waals surface area contributed by atoms with Crippen LogP contribution in [0.4, 0.5) is 4.39 Å². The molecule has 2 aliphatic rings. The van der Waals surface area contributed by atoms with Gasteiger partial charge in [0.2, 0.25) is 5.91 Å². The van der Waals surface area contributed by atoms with Gasteiger partial charge in [-0.3, -0.25) is 4.79 Å². The zero-order valence-corrected chi connectivity index (χ0v) is 11.8. The maximum Gasteiger partial charge on any atom is 0.223 e. The van der Waals surface area contributed by atoms with Gasteiger partial charge in [-0.1, -0.05) is 5.21 Å². The molecule has 1 N–H and O–H groups in total. The van der Waals surface area contributed by atoms with E-state index in [9.17, 15) is 9.18 Å². The van der Waals surface area contributed by atoms with Gasteiger partial charge in [-0.25, -0.2) is 4.39 Å². The third-order valence-corrected chi connectivity index (χ3v) is 4.18. The second-order valence-corrected chi connectivity index (χ2v) is 5.58. The summed E-state index contributed by atoms with van der Waals surface area (Å²) in [6.07, 6.45) is 1.09.